The van der Waals surface area contributed by atoms with Crippen molar-refractivity contribution in [1.29, 1.82) is 0 Å². The van der Waals surface area contributed by atoms with Gasteiger partial charge in [0.1, 0.15) is 5.82 Å². The Balaban J connectivity index is 1.89. The van der Waals surface area contributed by atoms with Crippen LogP contribution in [0.5, 0.6) is 0 Å². The standard InChI is InChI=1S/C14H21N5/c1-3-18(9-10-19-8-7-14(15)17-19)11-13-6-4-5-12(2)16-13/h4-8H,3,9-11H2,1-2H3,(H2,15,17). The molecular formula is C14H21N5. The van der Waals surface area contributed by atoms with Gasteiger partial charge in [-0.05, 0) is 31.7 Å². The Morgan fingerprint density at radius 1 is 1.32 bits per heavy atom. The summed E-state index contributed by atoms with van der Waals surface area (Å²) < 4.78 is 1.88. The molecule has 0 aliphatic rings. The maximum absolute atomic E-state index is 5.60. The van der Waals surface area contributed by atoms with Gasteiger partial charge >= 0.3 is 0 Å². The highest BCUT2D eigenvalue weighted by molar-refractivity contribution is 5.23. The van der Waals surface area contributed by atoms with Crippen LogP contribution < -0.4 is 5.73 Å². The fourth-order valence-corrected chi connectivity index (χ4v) is 2.01. The number of nitrogens with two attached hydrogens (primary N) is 1. The van der Waals surface area contributed by atoms with Gasteiger partial charge in [-0.1, -0.05) is 13.0 Å². The van der Waals surface area contributed by atoms with Crippen molar-refractivity contribution >= 4 is 5.82 Å². The molecule has 0 aliphatic heterocycles. The second kappa shape index (κ2) is 6.33. The summed E-state index contributed by atoms with van der Waals surface area (Å²) in [4.78, 5) is 6.88. The largest absolute Gasteiger partial charge is 0.382 e. The molecule has 0 radical (unpaired) electrons. The summed E-state index contributed by atoms with van der Waals surface area (Å²) in [5, 5.41) is 4.19. The number of aryl methyl sites for hydroxylation is 1. The zero-order valence-electron chi connectivity index (χ0n) is 11.6. The smallest absolute Gasteiger partial charge is 0.145 e. The molecule has 2 aromatic heterocycles. The Morgan fingerprint density at radius 2 is 2.16 bits per heavy atom. The van der Waals surface area contributed by atoms with Crippen LogP contribution in [-0.4, -0.2) is 32.8 Å². The van der Waals surface area contributed by atoms with E-state index in [1.54, 1.807) is 0 Å². The van der Waals surface area contributed by atoms with E-state index in [0.29, 0.717) is 5.82 Å². The molecule has 0 saturated carbocycles. The molecule has 0 aliphatic carbocycles. The SMILES string of the molecule is CCN(CCn1ccc(N)n1)Cc1cccc(C)n1. The molecule has 0 spiro atoms. The van der Waals surface area contributed by atoms with Crippen molar-refractivity contribution in [3.8, 4) is 0 Å². The van der Waals surface area contributed by atoms with Crippen molar-refractivity contribution in [2.45, 2.75) is 26.9 Å². The van der Waals surface area contributed by atoms with Gasteiger partial charge in [0.05, 0.1) is 12.2 Å². The van der Waals surface area contributed by atoms with Crippen LogP contribution >= 0.6 is 0 Å². The summed E-state index contributed by atoms with van der Waals surface area (Å²) in [7, 11) is 0. The molecule has 5 heteroatoms. The lowest BCUT2D eigenvalue weighted by molar-refractivity contribution is 0.260. The third-order valence-electron chi connectivity index (χ3n) is 3.09. The number of pyridine rings is 1. The summed E-state index contributed by atoms with van der Waals surface area (Å²) >= 11 is 0. The van der Waals surface area contributed by atoms with E-state index in [0.717, 1.165) is 37.6 Å². The highest BCUT2D eigenvalue weighted by Crippen LogP contribution is 2.04. The van der Waals surface area contributed by atoms with E-state index in [-0.39, 0.29) is 0 Å². The Hall–Kier alpha value is -1.88. The second-order valence-electron chi connectivity index (χ2n) is 4.64. The molecular weight excluding hydrogens is 238 g/mol. The van der Waals surface area contributed by atoms with Gasteiger partial charge < -0.3 is 5.73 Å². The third-order valence-corrected chi connectivity index (χ3v) is 3.09. The minimum atomic E-state index is 0.573. The number of nitrogens with zero attached hydrogens (tertiary/aromatic N) is 4. The van der Waals surface area contributed by atoms with Crippen molar-refractivity contribution in [2.75, 3.05) is 18.8 Å². The monoisotopic (exact) mass is 259 g/mol. The van der Waals surface area contributed by atoms with Gasteiger partial charge in [-0.2, -0.15) is 5.10 Å². The van der Waals surface area contributed by atoms with Gasteiger partial charge in [0.15, 0.2) is 0 Å². The first kappa shape index (κ1) is 13.5. The number of hydrogen-bond acceptors (Lipinski definition) is 4. The average molecular weight is 259 g/mol. The van der Waals surface area contributed by atoms with Crippen LogP contribution in [0.2, 0.25) is 0 Å². The fourth-order valence-electron chi connectivity index (χ4n) is 2.01. The predicted molar refractivity (Wildman–Crippen MR) is 76.6 cm³/mol. The Morgan fingerprint density at radius 3 is 2.79 bits per heavy atom. The van der Waals surface area contributed by atoms with Gasteiger partial charge in [0.2, 0.25) is 0 Å². The minimum Gasteiger partial charge on any atom is -0.382 e. The normalized spacial score (nSPS) is 11.1. The third kappa shape index (κ3) is 4.06. The molecule has 0 aromatic carbocycles. The first-order valence-electron chi connectivity index (χ1n) is 6.61. The second-order valence-corrected chi connectivity index (χ2v) is 4.64. The van der Waals surface area contributed by atoms with Crippen molar-refractivity contribution < 1.29 is 0 Å². The molecule has 19 heavy (non-hydrogen) atoms. The van der Waals surface area contributed by atoms with Crippen LogP contribution in [0.25, 0.3) is 0 Å². The molecule has 0 saturated heterocycles. The van der Waals surface area contributed by atoms with Crippen molar-refractivity contribution in [3.05, 3.63) is 41.9 Å². The van der Waals surface area contributed by atoms with E-state index in [4.69, 9.17) is 5.73 Å². The first-order valence-corrected chi connectivity index (χ1v) is 6.61. The summed E-state index contributed by atoms with van der Waals surface area (Å²) in [5.74, 6) is 0.573. The van der Waals surface area contributed by atoms with Crippen LogP contribution in [0.15, 0.2) is 30.5 Å². The molecule has 5 nitrogen and oxygen atoms in total. The van der Waals surface area contributed by atoms with E-state index in [9.17, 15) is 0 Å². The van der Waals surface area contributed by atoms with Gasteiger partial charge in [0.25, 0.3) is 0 Å². The molecule has 2 heterocycles. The van der Waals surface area contributed by atoms with Crippen molar-refractivity contribution in [1.82, 2.24) is 19.7 Å². The summed E-state index contributed by atoms with van der Waals surface area (Å²) in [6.07, 6.45) is 1.91. The zero-order valence-corrected chi connectivity index (χ0v) is 11.6. The summed E-state index contributed by atoms with van der Waals surface area (Å²) in [6, 6.07) is 7.96. The highest BCUT2D eigenvalue weighted by atomic mass is 15.3. The Bertz CT molecular complexity index is 520. The summed E-state index contributed by atoms with van der Waals surface area (Å²) in [5.41, 5.74) is 7.78. The van der Waals surface area contributed by atoms with Gasteiger partial charge in [-0.25, -0.2) is 0 Å². The van der Waals surface area contributed by atoms with Gasteiger partial charge in [-0.3, -0.25) is 14.6 Å². The first-order chi connectivity index (χ1) is 9.17. The molecule has 2 aromatic rings. The van der Waals surface area contributed by atoms with Crippen LogP contribution in [0.3, 0.4) is 0 Å². The van der Waals surface area contributed by atoms with Gasteiger partial charge in [-0.15, -0.1) is 0 Å². The fraction of sp³-hybridized carbons (Fsp3) is 0.429. The summed E-state index contributed by atoms with van der Waals surface area (Å²) in [6.45, 7) is 7.82. The predicted octanol–water partition coefficient (Wildman–Crippen LogP) is 1.69. The quantitative estimate of drug-likeness (QED) is 0.857. The van der Waals surface area contributed by atoms with E-state index in [1.807, 2.05) is 29.9 Å². The minimum absolute atomic E-state index is 0.573. The number of likely N-dealkylation sites (N-methyl/N-ethyl adjacent to an activating group) is 1. The molecule has 0 unspecified atom stereocenters. The van der Waals surface area contributed by atoms with E-state index < -0.39 is 0 Å². The Labute approximate surface area is 114 Å². The topological polar surface area (TPSA) is 60.0 Å². The maximum Gasteiger partial charge on any atom is 0.145 e. The molecule has 0 amide bonds. The van der Waals surface area contributed by atoms with E-state index in [2.05, 4.69) is 34.0 Å². The van der Waals surface area contributed by atoms with Crippen LogP contribution in [-0.2, 0) is 13.1 Å². The number of anilines is 1. The van der Waals surface area contributed by atoms with Crippen LogP contribution in [0.4, 0.5) is 5.82 Å². The lowest BCUT2D eigenvalue weighted by Crippen LogP contribution is -2.27. The molecule has 102 valence electrons. The lowest BCUT2D eigenvalue weighted by atomic mass is 10.3. The van der Waals surface area contributed by atoms with Crippen LogP contribution in [0.1, 0.15) is 18.3 Å². The van der Waals surface area contributed by atoms with Crippen LogP contribution in [0, 0.1) is 6.92 Å². The number of rotatable bonds is 6. The molecule has 0 bridgehead atoms. The molecule has 2 rings (SSSR count). The number of nitrogen functional groups attached to an aromatic ring is 1. The maximum atomic E-state index is 5.60. The van der Waals surface area contributed by atoms with E-state index >= 15 is 0 Å². The average Bonchev–Trinajstić information content (AvgIpc) is 2.80. The van der Waals surface area contributed by atoms with Gasteiger partial charge in [0, 0.05) is 25.0 Å². The zero-order chi connectivity index (χ0) is 13.7. The number of hydrogen-bond donors (Lipinski definition) is 1. The molecule has 0 atom stereocenters. The molecule has 2 N–H and O–H groups in total. The lowest BCUT2D eigenvalue weighted by Gasteiger charge is -2.20. The van der Waals surface area contributed by atoms with Crippen molar-refractivity contribution in [2.24, 2.45) is 0 Å². The molecule has 0 fully saturated rings. The highest BCUT2D eigenvalue weighted by Gasteiger charge is 2.05. The van der Waals surface area contributed by atoms with Crippen molar-refractivity contribution in [3.63, 3.8) is 0 Å². The van der Waals surface area contributed by atoms with E-state index in [1.165, 1.54) is 0 Å². The number of aromatic nitrogens is 3. The Kier molecular flexibility index (Phi) is 4.52.